The van der Waals surface area contributed by atoms with Crippen LogP contribution < -0.4 is 4.90 Å². The number of hydrogen-bond acceptors (Lipinski definition) is 3. The maximum Gasteiger partial charge on any atom is 0.414 e. The lowest BCUT2D eigenvalue weighted by Crippen LogP contribution is -2.33. The molecule has 1 aliphatic carbocycles. The molecule has 0 saturated heterocycles. The van der Waals surface area contributed by atoms with E-state index < -0.39 is 0 Å². The van der Waals surface area contributed by atoms with Gasteiger partial charge in [0, 0.05) is 12.7 Å². The number of para-hydroxylation sites is 1. The third-order valence-electron chi connectivity index (χ3n) is 3.33. The Bertz CT molecular complexity index is 385. The molecule has 1 saturated carbocycles. The topological polar surface area (TPSA) is 49.8 Å². The highest BCUT2D eigenvalue weighted by atomic mass is 16.6. The first-order chi connectivity index (χ1) is 8.66. The molecule has 1 amide bonds. The number of amides is 1. The first kappa shape index (κ1) is 12.9. The Hall–Kier alpha value is -1.55. The van der Waals surface area contributed by atoms with E-state index in [0.29, 0.717) is 12.8 Å². The average Bonchev–Trinajstić information content (AvgIpc) is 2.41. The fraction of sp³-hybridized carbons (Fsp3) is 0.500. The molecule has 4 nitrogen and oxygen atoms in total. The Balaban J connectivity index is 1.88. The number of nitrogens with zero attached hydrogens (tertiary/aromatic N) is 1. The van der Waals surface area contributed by atoms with Crippen LogP contribution in [0.25, 0.3) is 0 Å². The molecule has 1 N–H and O–H groups in total. The van der Waals surface area contributed by atoms with E-state index >= 15 is 0 Å². The minimum Gasteiger partial charge on any atom is -0.446 e. The van der Waals surface area contributed by atoms with E-state index in [2.05, 4.69) is 0 Å². The molecule has 0 radical (unpaired) electrons. The van der Waals surface area contributed by atoms with Crippen LogP contribution in [0.3, 0.4) is 0 Å². The van der Waals surface area contributed by atoms with Crippen LogP contribution in [0.4, 0.5) is 10.5 Å². The molecule has 1 aliphatic rings. The van der Waals surface area contributed by atoms with Crippen molar-refractivity contribution in [3.05, 3.63) is 30.3 Å². The highest BCUT2D eigenvalue weighted by Gasteiger charge is 2.24. The van der Waals surface area contributed by atoms with Gasteiger partial charge in [-0.2, -0.15) is 0 Å². The van der Waals surface area contributed by atoms with Crippen molar-refractivity contribution in [1.82, 2.24) is 0 Å². The normalized spacial score (nSPS) is 23.4. The number of ether oxygens (including phenoxy) is 1. The van der Waals surface area contributed by atoms with Crippen molar-refractivity contribution in [2.24, 2.45) is 0 Å². The summed E-state index contributed by atoms with van der Waals surface area (Å²) in [7, 11) is 1.70. The van der Waals surface area contributed by atoms with Crippen molar-refractivity contribution in [3.8, 4) is 0 Å². The van der Waals surface area contributed by atoms with E-state index in [0.717, 1.165) is 18.5 Å². The van der Waals surface area contributed by atoms with Gasteiger partial charge in [0.05, 0.1) is 6.10 Å². The summed E-state index contributed by atoms with van der Waals surface area (Å²) in [5.41, 5.74) is 0.818. The summed E-state index contributed by atoms with van der Waals surface area (Å²) in [6.45, 7) is 0. The van der Waals surface area contributed by atoms with Crippen LogP contribution in [0, 0.1) is 0 Å². The molecule has 2 rings (SSSR count). The second-order valence-corrected chi connectivity index (χ2v) is 4.71. The summed E-state index contributed by atoms with van der Waals surface area (Å²) in [5, 5.41) is 9.40. The summed E-state index contributed by atoms with van der Waals surface area (Å²) in [5.74, 6) is 0. The van der Waals surface area contributed by atoms with Crippen molar-refractivity contribution in [2.45, 2.75) is 37.9 Å². The fourth-order valence-corrected chi connectivity index (χ4v) is 2.14. The monoisotopic (exact) mass is 249 g/mol. The molecule has 0 aliphatic heterocycles. The Labute approximate surface area is 107 Å². The van der Waals surface area contributed by atoms with Gasteiger partial charge in [0.2, 0.25) is 0 Å². The van der Waals surface area contributed by atoms with Gasteiger partial charge in [0.1, 0.15) is 6.10 Å². The van der Waals surface area contributed by atoms with Crippen LogP contribution in [0.2, 0.25) is 0 Å². The van der Waals surface area contributed by atoms with Gasteiger partial charge in [-0.3, -0.25) is 4.90 Å². The van der Waals surface area contributed by atoms with E-state index in [1.807, 2.05) is 30.3 Å². The van der Waals surface area contributed by atoms with Crippen molar-refractivity contribution in [2.75, 3.05) is 11.9 Å². The van der Waals surface area contributed by atoms with Crippen LogP contribution in [0.5, 0.6) is 0 Å². The van der Waals surface area contributed by atoms with E-state index in [1.54, 1.807) is 7.05 Å². The lowest BCUT2D eigenvalue weighted by Gasteiger charge is -2.27. The molecule has 18 heavy (non-hydrogen) atoms. The summed E-state index contributed by atoms with van der Waals surface area (Å²) < 4.78 is 5.43. The van der Waals surface area contributed by atoms with E-state index in [9.17, 15) is 9.90 Å². The highest BCUT2D eigenvalue weighted by Crippen LogP contribution is 2.22. The molecule has 0 unspecified atom stereocenters. The molecule has 1 aromatic carbocycles. The molecule has 0 atom stereocenters. The van der Waals surface area contributed by atoms with Crippen LogP contribution in [0.1, 0.15) is 25.7 Å². The smallest absolute Gasteiger partial charge is 0.414 e. The number of aliphatic hydroxyl groups excluding tert-OH is 1. The zero-order valence-electron chi connectivity index (χ0n) is 10.6. The molecule has 98 valence electrons. The van der Waals surface area contributed by atoms with Gasteiger partial charge in [0.25, 0.3) is 0 Å². The van der Waals surface area contributed by atoms with Gasteiger partial charge in [-0.05, 0) is 37.8 Å². The van der Waals surface area contributed by atoms with Crippen LogP contribution in [-0.4, -0.2) is 30.5 Å². The van der Waals surface area contributed by atoms with E-state index in [1.165, 1.54) is 4.90 Å². The fourth-order valence-electron chi connectivity index (χ4n) is 2.14. The zero-order valence-corrected chi connectivity index (χ0v) is 10.6. The Morgan fingerprint density at radius 3 is 2.44 bits per heavy atom. The van der Waals surface area contributed by atoms with Crippen LogP contribution in [-0.2, 0) is 4.74 Å². The van der Waals surface area contributed by atoms with Crippen LogP contribution >= 0.6 is 0 Å². The largest absolute Gasteiger partial charge is 0.446 e. The Kier molecular flexibility index (Phi) is 4.20. The van der Waals surface area contributed by atoms with E-state index in [4.69, 9.17) is 4.74 Å². The van der Waals surface area contributed by atoms with Gasteiger partial charge in [-0.15, -0.1) is 0 Å². The number of carbonyl (C=O) groups is 1. The predicted molar refractivity (Wildman–Crippen MR) is 69.6 cm³/mol. The molecule has 1 aromatic rings. The number of aliphatic hydroxyl groups is 1. The molecule has 0 heterocycles. The molecule has 0 bridgehead atoms. The summed E-state index contributed by atoms with van der Waals surface area (Å²) in [4.78, 5) is 13.4. The van der Waals surface area contributed by atoms with Gasteiger partial charge >= 0.3 is 6.09 Å². The molecule has 0 spiro atoms. The second-order valence-electron chi connectivity index (χ2n) is 4.71. The van der Waals surface area contributed by atoms with Crippen LogP contribution in [0.15, 0.2) is 30.3 Å². The van der Waals surface area contributed by atoms with Crippen molar-refractivity contribution < 1.29 is 14.6 Å². The summed E-state index contributed by atoms with van der Waals surface area (Å²) in [6.07, 6.45) is 2.30. The minimum absolute atomic E-state index is 0.0629. The highest BCUT2D eigenvalue weighted by molar-refractivity contribution is 5.86. The average molecular weight is 249 g/mol. The third kappa shape index (κ3) is 3.23. The van der Waals surface area contributed by atoms with Gasteiger partial charge in [0.15, 0.2) is 0 Å². The lowest BCUT2D eigenvalue weighted by molar-refractivity contribution is 0.0377. The first-order valence-electron chi connectivity index (χ1n) is 6.34. The number of hydrogen-bond donors (Lipinski definition) is 1. The second kappa shape index (κ2) is 5.87. The molecular weight excluding hydrogens is 230 g/mol. The van der Waals surface area contributed by atoms with Gasteiger partial charge < -0.3 is 9.84 Å². The molecule has 1 fully saturated rings. The minimum atomic E-state index is -0.331. The number of carbonyl (C=O) groups excluding carboxylic acids is 1. The zero-order chi connectivity index (χ0) is 13.0. The van der Waals surface area contributed by atoms with Gasteiger partial charge in [-0.25, -0.2) is 4.79 Å². The molecule has 4 heteroatoms. The number of anilines is 1. The maximum atomic E-state index is 11.9. The van der Waals surface area contributed by atoms with Gasteiger partial charge in [-0.1, -0.05) is 18.2 Å². The van der Waals surface area contributed by atoms with Crippen molar-refractivity contribution in [3.63, 3.8) is 0 Å². The predicted octanol–water partition coefficient (Wildman–Crippen LogP) is 2.56. The van der Waals surface area contributed by atoms with Crippen molar-refractivity contribution >= 4 is 11.8 Å². The summed E-state index contributed by atoms with van der Waals surface area (Å²) >= 11 is 0. The third-order valence-corrected chi connectivity index (χ3v) is 3.33. The number of rotatable bonds is 2. The SMILES string of the molecule is CN(C(=O)OC1CCC(O)CC1)c1ccccc1. The quantitative estimate of drug-likeness (QED) is 0.876. The summed E-state index contributed by atoms with van der Waals surface area (Å²) in [6, 6.07) is 9.41. The standard InChI is InChI=1S/C14H19NO3/c1-15(11-5-3-2-4-6-11)14(17)18-13-9-7-12(16)8-10-13/h2-6,12-13,16H,7-10H2,1H3. The Morgan fingerprint density at radius 2 is 1.83 bits per heavy atom. The molecule has 0 aromatic heterocycles. The van der Waals surface area contributed by atoms with E-state index in [-0.39, 0.29) is 18.3 Å². The Morgan fingerprint density at radius 1 is 1.22 bits per heavy atom. The maximum absolute atomic E-state index is 11.9. The van der Waals surface area contributed by atoms with Crippen molar-refractivity contribution in [1.29, 1.82) is 0 Å². The number of benzene rings is 1. The molecular formula is C14H19NO3. The lowest BCUT2D eigenvalue weighted by atomic mass is 9.95. The first-order valence-corrected chi connectivity index (χ1v) is 6.34.